The number of nitrogens with zero attached hydrogens (tertiary/aromatic N) is 2. The molecule has 0 saturated heterocycles. The van der Waals surface area contributed by atoms with E-state index in [-0.39, 0.29) is 11.8 Å². The largest absolute Gasteiger partial charge is 0.490 e. The summed E-state index contributed by atoms with van der Waals surface area (Å²) in [6.07, 6.45) is 3.19. The number of allylic oxidation sites excluding steroid dienone is 1. The van der Waals surface area contributed by atoms with Gasteiger partial charge in [-0.3, -0.25) is 4.79 Å². The third-order valence-electron chi connectivity index (χ3n) is 4.86. The minimum absolute atomic E-state index is 0.0737. The molecule has 0 saturated carbocycles. The number of hydrogen-bond acceptors (Lipinski definition) is 4. The number of alkyl halides is 3. The second kappa shape index (κ2) is 8.10. The van der Waals surface area contributed by atoms with Crippen LogP contribution >= 0.6 is 0 Å². The normalized spacial score (nSPS) is 17.0. The lowest BCUT2D eigenvalue weighted by Gasteiger charge is -2.32. The summed E-state index contributed by atoms with van der Waals surface area (Å²) in [5.74, 6) is -2.68. The molecule has 0 amide bonds. The van der Waals surface area contributed by atoms with Crippen LogP contribution in [0.2, 0.25) is 0 Å². The number of ketones is 1. The average Bonchev–Trinajstić information content (AvgIpc) is 3.06. The molecule has 9 heteroatoms. The molecule has 0 radical (unpaired) electrons. The maximum absolute atomic E-state index is 12.9. The van der Waals surface area contributed by atoms with Crippen molar-refractivity contribution in [3.05, 3.63) is 76.9 Å². The van der Waals surface area contributed by atoms with Crippen LogP contribution in [-0.2, 0) is 11.3 Å². The van der Waals surface area contributed by atoms with Gasteiger partial charge in [0.2, 0.25) is 5.78 Å². The molecule has 1 aliphatic carbocycles. The van der Waals surface area contributed by atoms with E-state index in [1.54, 1.807) is 7.05 Å². The van der Waals surface area contributed by atoms with Crippen molar-refractivity contribution in [2.45, 2.75) is 18.8 Å². The summed E-state index contributed by atoms with van der Waals surface area (Å²) in [5.41, 5.74) is 4.92. The highest BCUT2D eigenvalue weighted by molar-refractivity contribution is 6.10. The standard InChI is InChI=1S/C19H19N3O.C2HF3O2/c1-20-15-10-16-17-14(8-9-21(16)2)12-22(18(17)19(15)23)11-13-6-4-3-5-7-13;3-2(4,5)1(6)7/h3-10,12,16,20H,11H2,1-2H3;(H,6,7). The van der Waals surface area contributed by atoms with Gasteiger partial charge in [0.25, 0.3) is 0 Å². The lowest BCUT2D eigenvalue weighted by Crippen LogP contribution is -2.31. The highest BCUT2D eigenvalue weighted by Gasteiger charge is 2.38. The molecule has 30 heavy (non-hydrogen) atoms. The molecule has 0 bridgehead atoms. The molecule has 6 nitrogen and oxygen atoms in total. The number of Topliss-reactive ketones (excluding diaryl/α,β-unsaturated/α-hetero) is 1. The molecule has 4 rings (SSSR count). The van der Waals surface area contributed by atoms with E-state index in [0.717, 1.165) is 16.8 Å². The topological polar surface area (TPSA) is 74.6 Å². The van der Waals surface area contributed by atoms with E-state index < -0.39 is 12.1 Å². The quantitative estimate of drug-likeness (QED) is 0.798. The summed E-state index contributed by atoms with van der Waals surface area (Å²) in [4.78, 5) is 23.9. The van der Waals surface area contributed by atoms with Crippen LogP contribution in [0.1, 0.15) is 33.2 Å². The summed E-state index contributed by atoms with van der Waals surface area (Å²) in [5, 5.41) is 10.2. The fraction of sp³-hybridized carbons (Fsp3) is 0.238. The Labute approximate surface area is 170 Å². The third kappa shape index (κ3) is 4.10. The minimum atomic E-state index is -5.08. The number of hydrogen-bond donors (Lipinski definition) is 2. The maximum atomic E-state index is 12.9. The zero-order chi connectivity index (χ0) is 22.1. The monoisotopic (exact) mass is 419 g/mol. The Morgan fingerprint density at radius 3 is 2.43 bits per heavy atom. The molecular weight excluding hydrogens is 399 g/mol. The fourth-order valence-corrected chi connectivity index (χ4v) is 3.45. The van der Waals surface area contributed by atoms with E-state index in [9.17, 15) is 18.0 Å². The van der Waals surface area contributed by atoms with Gasteiger partial charge in [0.15, 0.2) is 0 Å². The summed E-state index contributed by atoms with van der Waals surface area (Å²) in [6.45, 7) is 0.705. The van der Waals surface area contributed by atoms with E-state index >= 15 is 0 Å². The molecule has 158 valence electrons. The number of aliphatic carboxylic acids is 1. The van der Waals surface area contributed by atoms with Gasteiger partial charge >= 0.3 is 12.1 Å². The van der Waals surface area contributed by atoms with Crippen LogP contribution < -0.4 is 5.32 Å². The molecule has 2 N–H and O–H groups in total. The number of carboxylic acids is 1. The molecule has 1 atom stereocenters. The van der Waals surface area contributed by atoms with Crippen molar-refractivity contribution in [2.75, 3.05) is 14.1 Å². The molecule has 1 unspecified atom stereocenters. The van der Waals surface area contributed by atoms with Crippen LogP contribution in [0.3, 0.4) is 0 Å². The van der Waals surface area contributed by atoms with Crippen molar-refractivity contribution >= 4 is 17.8 Å². The van der Waals surface area contributed by atoms with Gasteiger partial charge in [-0.15, -0.1) is 0 Å². The van der Waals surface area contributed by atoms with Gasteiger partial charge in [-0.1, -0.05) is 30.3 Å². The minimum Gasteiger partial charge on any atom is -0.475 e. The third-order valence-corrected chi connectivity index (χ3v) is 4.86. The molecular formula is C21H20F3N3O3. The number of nitrogens with one attached hydrogen (secondary N) is 1. The predicted octanol–water partition coefficient (Wildman–Crippen LogP) is 3.43. The van der Waals surface area contributed by atoms with Gasteiger partial charge in [0.05, 0.1) is 17.4 Å². The predicted molar refractivity (Wildman–Crippen MR) is 105 cm³/mol. The van der Waals surface area contributed by atoms with Crippen LogP contribution in [0.4, 0.5) is 13.2 Å². The Balaban J connectivity index is 0.000000318. The average molecular weight is 419 g/mol. The van der Waals surface area contributed by atoms with Gasteiger partial charge in [-0.2, -0.15) is 13.2 Å². The van der Waals surface area contributed by atoms with Crippen LogP contribution in [0.5, 0.6) is 0 Å². The summed E-state index contributed by atoms with van der Waals surface area (Å²) >= 11 is 0. The SMILES string of the molecule is CNC1=CC2c3c(cn(Cc4ccccc4)c3C1=O)C=CN2C.O=C(O)C(F)(F)F. The van der Waals surface area contributed by atoms with Crippen molar-refractivity contribution in [1.82, 2.24) is 14.8 Å². The van der Waals surface area contributed by atoms with Gasteiger partial charge in [0, 0.05) is 38.6 Å². The lowest BCUT2D eigenvalue weighted by atomic mass is 9.90. The zero-order valence-electron chi connectivity index (χ0n) is 16.3. The van der Waals surface area contributed by atoms with Crippen LogP contribution in [-0.4, -0.2) is 46.6 Å². The highest BCUT2D eigenvalue weighted by atomic mass is 19.4. The second-order valence-corrected chi connectivity index (χ2v) is 6.85. The zero-order valence-corrected chi connectivity index (χ0v) is 16.3. The van der Waals surface area contributed by atoms with E-state index in [0.29, 0.717) is 12.2 Å². The first kappa shape index (κ1) is 21.2. The molecule has 2 aromatic rings. The van der Waals surface area contributed by atoms with Crippen molar-refractivity contribution < 1.29 is 27.9 Å². The first-order chi connectivity index (χ1) is 14.1. The Hall–Kier alpha value is -3.49. The van der Waals surface area contributed by atoms with Crippen molar-refractivity contribution in [3.63, 3.8) is 0 Å². The molecule has 1 aromatic carbocycles. The second-order valence-electron chi connectivity index (χ2n) is 6.85. The van der Waals surface area contributed by atoms with E-state index in [1.165, 1.54) is 5.56 Å². The summed E-state index contributed by atoms with van der Waals surface area (Å²) in [7, 11) is 3.85. The van der Waals surface area contributed by atoms with Crippen molar-refractivity contribution in [1.29, 1.82) is 0 Å². The molecule has 2 aliphatic rings. The van der Waals surface area contributed by atoms with Gasteiger partial charge in [-0.25, -0.2) is 4.79 Å². The van der Waals surface area contributed by atoms with E-state index in [1.807, 2.05) is 31.3 Å². The maximum Gasteiger partial charge on any atom is 0.490 e. The Bertz CT molecular complexity index is 1020. The van der Waals surface area contributed by atoms with Crippen LogP contribution in [0.25, 0.3) is 6.08 Å². The first-order valence-corrected chi connectivity index (χ1v) is 9.05. The molecule has 2 heterocycles. The fourth-order valence-electron chi connectivity index (χ4n) is 3.45. The summed E-state index contributed by atoms with van der Waals surface area (Å²) in [6, 6.07) is 10.4. The Morgan fingerprint density at radius 1 is 1.23 bits per heavy atom. The van der Waals surface area contributed by atoms with Gasteiger partial charge < -0.3 is 19.9 Å². The van der Waals surface area contributed by atoms with Gasteiger partial charge in [0.1, 0.15) is 0 Å². The first-order valence-electron chi connectivity index (χ1n) is 9.05. The Kier molecular flexibility index (Phi) is 5.73. The molecule has 1 aliphatic heterocycles. The lowest BCUT2D eigenvalue weighted by molar-refractivity contribution is -0.192. The number of likely N-dealkylation sites (N-methyl/N-ethyl adjacent to an activating group) is 2. The van der Waals surface area contributed by atoms with E-state index in [2.05, 4.69) is 45.4 Å². The Morgan fingerprint density at radius 2 is 1.87 bits per heavy atom. The number of rotatable bonds is 3. The number of halogens is 3. The number of aromatic nitrogens is 1. The number of benzene rings is 1. The number of carboxylic acid groups (broad SMARTS) is 1. The number of carbonyl (C=O) groups is 2. The van der Waals surface area contributed by atoms with Gasteiger partial charge in [-0.05, 0) is 23.3 Å². The molecule has 1 aromatic heterocycles. The van der Waals surface area contributed by atoms with Crippen LogP contribution in [0.15, 0.2) is 54.5 Å². The summed E-state index contributed by atoms with van der Waals surface area (Å²) < 4.78 is 33.8. The van der Waals surface area contributed by atoms with E-state index in [4.69, 9.17) is 9.90 Å². The highest BCUT2D eigenvalue weighted by Crippen LogP contribution is 2.39. The smallest absolute Gasteiger partial charge is 0.475 e. The molecule has 0 spiro atoms. The van der Waals surface area contributed by atoms with Crippen molar-refractivity contribution in [3.8, 4) is 0 Å². The molecule has 0 fully saturated rings. The van der Waals surface area contributed by atoms with Crippen molar-refractivity contribution in [2.24, 2.45) is 0 Å². The number of carbonyl (C=O) groups excluding carboxylic acids is 1. The van der Waals surface area contributed by atoms with Crippen LogP contribution in [0, 0.1) is 0 Å².